The van der Waals surface area contributed by atoms with Crippen molar-refractivity contribution in [2.24, 2.45) is 0 Å². The van der Waals surface area contributed by atoms with Gasteiger partial charge < -0.3 is 10.1 Å². The van der Waals surface area contributed by atoms with Crippen LogP contribution < -0.4 is 5.32 Å². The number of rotatable bonds is 2. The zero-order chi connectivity index (χ0) is 15.2. The Hall–Kier alpha value is -2.09. The van der Waals surface area contributed by atoms with E-state index in [4.69, 9.17) is 4.74 Å². The first kappa shape index (κ1) is 16.0. The summed E-state index contributed by atoms with van der Waals surface area (Å²) >= 11 is 0. The molecule has 0 saturated heterocycles. The molecule has 1 aromatic rings. The van der Waals surface area contributed by atoms with Crippen molar-refractivity contribution < 1.29 is 13.9 Å². The molecule has 1 amide bonds. The number of ether oxygens (including phenoxy) is 1. The van der Waals surface area contributed by atoms with Gasteiger partial charge >= 0.3 is 6.09 Å². The molecule has 0 saturated carbocycles. The molecule has 0 aliphatic carbocycles. The highest BCUT2D eigenvalue weighted by atomic mass is 19.1. The van der Waals surface area contributed by atoms with Crippen LogP contribution in [0.15, 0.2) is 12.1 Å². The normalized spacial score (nSPS) is 10.4. The van der Waals surface area contributed by atoms with Gasteiger partial charge in [0.1, 0.15) is 11.3 Å². The Morgan fingerprint density at radius 1 is 1.45 bits per heavy atom. The molecule has 0 bridgehead atoms. The number of aryl methyl sites for hydroxylation is 1. The van der Waals surface area contributed by atoms with Crippen molar-refractivity contribution in [3.8, 4) is 11.8 Å². The van der Waals surface area contributed by atoms with Gasteiger partial charge in [-0.2, -0.15) is 0 Å². The van der Waals surface area contributed by atoms with Crippen LogP contribution in [0.3, 0.4) is 0 Å². The van der Waals surface area contributed by atoms with Gasteiger partial charge in [0.05, 0.1) is 0 Å². The number of pyridine rings is 1. The first-order chi connectivity index (χ1) is 9.28. The summed E-state index contributed by atoms with van der Waals surface area (Å²) in [6.45, 7) is 7.49. The van der Waals surface area contributed by atoms with Gasteiger partial charge in [0.25, 0.3) is 0 Å². The minimum atomic E-state index is -0.523. The number of amides is 1. The van der Waals surface area contributed by atoms with Crippen LogP contribution in [0.25, 0.3) is 0 Å². The number of halogens is 1. The maximum absolute atomic E-state index is 13.3. The van der Waals surface area contributed by atoms with E-state index < -0.39 is 17.5 Å². The predicted octanol–water partition coefficient (Wildman–Crippen LogP) is 2.80. The van der Waals surface area contributed by atoms with Gasteiger partial charge in [-0.25, -0.2) is 14.2 Å². The highest BCUT2D eigenvalue weighted by Crippen LogP contribution is 2.06. The number of carbonyl (C=O) groups is 1. The average Bonchev–Trinajstić information content (AvgIpc) is 2.30. The lowest BCUT2D eigenvalue weighted by Gasteiger charge is -2.19. The summed E-state index contributed by atoms with van der Waals surface area (Å²) in [5.74, 6) is 4.97. The smallest absolute Gasteiger partial charge is 0.407 e. The Morgan fingerprint density at radius 2 is 2.15 bits per heavy atom. The minimum Gasteiger partial charge on any atom is -0.444 e. The highest BCUT2D eigenvalue weighted by molar-refractivity contribution is 5.67. The lowest BCUT2D eigenvalue weighted by molar-refractivity contribution is 0.0529. The van der Waals surface area contributed by atoms with Crippen molar-refractivity contribution in [1.82, 2.24) is 10.3 Å². The number of nitrogens with one attached hydrogen (secondary N) is 1. The molecule has 1 aromatic heterocycles. The summed E-state index contributed by atoms with van der Waals surface area (Å²) < 4.78 is 18.4. The van der Waals surface area contributed by atoms with E-state index in [1.807, 2.05) is 0 Å². The lowest BCUT2D eigenvalue weighted by Crippen LogP contribution is -2.32. The van der Waals surface area contributed by atoms with Crippen LogP contribution in [-0.2, 0) is 4.74 Å². The van der Waals surface area contributed by atoms with Crippen molar-refractivity contribution in [1.29, 1.82) is 0 Å². The van der Waals surface area contributed by atoms with Gasteiger partial charge in [-0.05, 0) is 45.7 Å². The second-order valence-corrected chi connectivity index (χ2v) is 5.26. The van der Waals surface area contributed by atoms with Crippen LogP contribution in [0.1, 0.15) is 38.6 Å². The maximum Gasteiger partial charge on any atom is 0.407 e. The van der Waals surface area contributed by atoms with Gasteiger partial charge in [0.2, 0.25) is 0 Å². The van der Waals surface area contributed by atoms with Crippen LogP contribution in [0, 0.1) is 24.6 Å². The Labute approximate surface area is 118 Å². The van der Waals surface area contributed by atoms with Crippen LogP contribution >= 0.6 is 0 Å². The largest absolute Gasteiger partial charge is 0.444 e. The highest BCUT2D eigenvalue weighted by Gasteiger charge is 2.15. The van der Waals surface area contributed by atoms with Crippen molar-refractivity contribution in [2.45, 2.75) is 39.7 Å². The third-order valence-corrected chi connectivity index (χ3v) is 2.11. The molecule has 0 spiro atoms. The van der Waals surface area contributed by atoms with Crippen molar-refractivity contribution in [2.75, 3.05) is 6.54 Å². The molecule has 1 rings (SSSR count). The van der Waals surface area contributed by atoms with Gasteiger partial charge in [-0.3, -0.25) is 0 Å². The number of alkyl carbamates (subject to hydrolysis) is 1. The topological polar surface area (TPSA) is 51.2 Å². The van der Waals surface area contributed by atoms with E-state index in [0.717, 1.165) is 0 Å². The Bertz CT molecular complexity index is 539. The first-order valence-electron chi connectivity index (χ1n) is 6.37. The number of hydrogen-bond acceptors (Lipinski definition) is 3. The lowest BCUT2D eigenvalue weighted by atomic mass is 10.2. The number of aromatic nitrogens is 1. The van der Waals surface area contributed by atoms with Gasteiger partial charge in [0, 0.05) is 18.7 Å². The van der Waals surface area contributed by atoms with E-state index in [1.54, 1.807) is 33.8 Å². The van der Waals surface area contributed by atoms with Crippen LogP contribution in [0.5, 0.6) is 0 Å². The summed E-state index contributed by atoms with van der Waals surface area (Å²) in [5, 5.41) is 2.57. The molecule has 0 fully saturated rings. The Morgan fingerprint density at radius 3 is 2.80 bits per heavy atom. The fourth-order valence-electron chi connectivity index (χ4n) is 1.31. The SMILES string of the molecule is Cc1ccc(F)c(C#CCCNC(=O)OC(C)(C)C)n1. The molecule has 108 valence electrons. The van der Waals surface area contributed by atoms with Gasteiger partial charge in [-0.1, -0.05) is 5.92 Å². The molecule has 0 aliphatic rings. The summed E-state index contributed by atoms with van der Waals surface area (Å²) in [5.41, 5.74) is 0.314. The number of nitrogens with zero attached hydrogens (tertiary/aromatic N) is 1. The molecule has 5 heteroatoms. The molecular formula is C15H19FN2O2. The molecule has 0 unspecified atom stereocenters. The molecular weight excluding hydrogens is 259 g/mol. The van der Waals surface area contributed by atoms with Crippen LogP contribution in [0.4, 0.5) is 9.18 Å². The molecule has 1 heterocycles. The molecule has 0 aliphatic heterocycles. The van der Waals surface area contributed by atoms with E-state index in [2.05, 4.69) is 22.1 Å². The van der Waals surface area contributed by atoms with E-state index in [1.165, 1.54) is 6.07 Å². The zero-order valence-electron chi connectivity index (χ0n) is 12.2. The van der Waals surface area contributed by atoms with E-state index in [9.17, 15) is 9.18 Å². The summed E-state index contributed by atoms with van der Waals surface area (Å²) in [4.78, 5) is 15.3. The minimum absolute atomic E-state index is 0.127. The fraction of sp³-hybridized carbons (Fsp3) is 0.467. The quantitative estimate of drug-likeness (QED) is 0.668. The molecule has 1 N–H and O–H groups in total. The van der Waals surface area contributed by atoms with E-state index in [0.29, 0.717) is 18.7 Å². The summed E-state index contributed by atoms with van der Waals surface area (Å²) in [6.07, 6.45) is -0.0898. The second-order valence-electron chi connectivity index (χ2n) is 5.26. The van der Waals surface area contributed by atoms with E-state index in [-0.39, 0.29) is 5.69 Å². The molecule has 0 atom stereocenters. The van der Waals surface area contributed by atoms with Crippen LogP contribution in [-0.4, -0.2) is 23.2 Å². The summed E-state index contributed by atoms with van der Waals surface area (Å²) in [6, 6.07) is 2.93. The fourth-order valence-corrected chi connectivity index (χ4v) is 1.31. The third kappa shape index (κ3) is 6.19. The van der Waals surface area contributed by atoms with E-state index >= 15 is 0 Å². The van der Waals surface area contributed by atoms with Gasteiger partial charge in [-0.15, -0.1) is 0 Å². The monoisotopic (exact) mass is 278 g/mol. The molecule has 20 heavy (non-hydrogen) atoms. The van der Waals surface area contributed by atoms with Crippen molar-refractivity contribution >= 4 is 6.09 Å². The molecule has 4 nitrogen and oxygen atoms in total. The molecule has 0 radical (unpaired) electrons. The van der Waals surface area contributed by atoms with Crippen molar-refractivity contribution in [3.05, 3.63) is 29.3 Å². The standard InChI is InChI=1S/C15H19FN2O2/c1-11-8-9-12(16)13(18-11)7-5-6-10-17-14(19)20-15(2,3)4/h8-9H,6,10H2,1-4H3,(H,17,19). The second kappa shape index (κ2) is 6.90. The van der Waals surface area contributed by atoms with Crippen LogP contribution in [0.2, 0.25) is 0 Å². The zero-order valence-corrected chi connectivity index (χ0v) is 12.2. The van der Waals surface area contributed by atoms with Crippen molar-refractivity contribution in [3.63, 3.8) is 0 Å². The Kier molecular flexibility index (Phi) is 5.51. The van der Waals surface area contributed by atoms with Gasteiger partial charge in [0.15, 0.2) is 5.82 Å². The number of hydrogen-bond donors (Lipinski definition) is 1. The predicted molar refractivity (Wildman–Crippen MR) is 74.7 cm³/mol. The maximum atomic E-state index is 13.3. The third-order valence-electron chi connectivity index (χ3n) is 2.11. The average molecular weight is 278 g/mol. The number of carbonyl (C=O) groups excluding carboxylic acids is 1. The summed E-state index contributed by atoms with van der Waals surface area (Å²) in [7, 11) is 0. The Balaban J connectivity index is 2.40. The molecule has 0 aromatic carbocycles. The first-order valence-corrected chi connectivity index (χ1v) is 6.37.